The highest BCUT2D eigenvalue weighted by atomic mass is 16.1. The van der Waals surface area contributed by atoms with Crippen LogP contribution in [0.25, 0.3) is 0 Å². The zero-order chi connectivity index (χ0) is 8.81. The Labute approximate surface area is 75.5 Å². The highest BCUT2D eigenvalue weighted by Gasteiger charge is 2.34. The first-order valence-corrected chi connectivity index (χ1v) is 5.32. The first-order valence-electron chi connectivity index (χ1n) is 5.32. The second kappa shape index (κ2) is 5.34. The Hall–Kier alpha value is -0.330. The average Bonchev–Trinajstić information content (AvgIpc) is 2.81. The Kier molecular flexibility index (Phi) is 4.34. The summed E-state index contributed by atoms with van der Waals surface area (Å²) in [5.74, 6) is 1.89. The minimum Gasteiger partial charge on any atom is -0.303 e. The van der Waals surface area contributed by atoms with Gasteiger partial charge < -0.3 is 4.79 Å². The summed E-state index contributed by atoms with van der Waals surface area (Å²) < 4.78 is 0. The van der Waals surface area contributed by atoms with Gasteiger partial charge in [0.2, 0.25) is 0 Å². The molecule has 0 heterocycles. The summed E-state index contributed by atoms with van der Waals surface area (Å²) in [5.41, 5.74) is 0. The molecule has 1 nitrogen and oxygen atoms in total. The Balaban J connectivity index is 1.89. The van der Waals surface area contributed by atoms with Crippen molar-refractivity contribution in [3.8, 4) is 0 Å². The molecule has 0 bridgehead atoms. The maximum absolute atomic E-state index is 10.1. The third kappa shape index (κ3) is 3.38. The van der Waals surface area contributed by atoms with Crippen molar-refractivity contribution < 1.29 is 4.79 Å². The molecule has 0 amide bonds. The maximum Gasteiger partial charge on any atom is 0.120 e. The molecule has 2 unspecified atom stereocenters. The third-order valence-electron chi connectivity index (χ3n) is 2.90. The topological polar surface area (TPSA) is 17.1 Å². The number of rotatable bonds is 7. The number of unbranched alkanes of at least 4 members (excludes halogenated alkanes) is 2. The molecule has 0 N–H and O–H groups in total. The SMILES string of the molecule is CCCCCC1CC1CCC=O. The van der Waals surface area contributed by atoms with Crippen LogP contribution in [0, 0.1) is 11.8 Å². The number of carbonyl (C=O) groups is 1. The fourth-order valence-electron chi connectivity index (χ4n) is 1.96. The van der Waals surface area contributed by atoms with Crippen LogP contribution in [0.15, 0.2) is 0 Å². The van der Waals surface area contributed by atoms with Crippen LogP contribution in [0.4, 0.5) is 0 Å². The molecule has 2 atom stereocenters. The molecule has 0 aliphatic heterocycles. The van der Waals surface area contributed by atoms with Crippen LogP contribution in [0.5, 0.6) is 0 Å². The van der Waals surface area contributed by atoms with Crippen LogP contribution in [0.2, 0.25) is 0 Å². The standard InChI is InChI=1S/C11H20O/c1-2-3-4-6-10-9-11(10)7-5-8-12/h8,10-11H,2-7,9H2,1H3. The molecule has 1 aliphatic rings. The summed E-state index contributed by atoms with van der Waals surface area (Å²) in [4.78, 5) is 10.1. The Bertz CT molecular complexity index is 131. The summed E-state index contributed by atoms with van der Waals surface area (Å²) in [7, 11) is 0. The molecule has 1 heteroatoms. The minimum absolute atomic E-state index is 0.787. The van der Waals surface area contributed by atoms with E-state index in [4.69, 9.17) is 0 Å². The monoisotopic (exact) mass is 168 g/mol. The fraction of sp³-hybridized carbons (Fsp3) is 0.909. The average molecular weight is 168 g/mol. The first kappa shape index (κ1) is 9.76. The molecule has 0 radical (unpaired) electrons. The van der Waals surface area contributed by atoms with Crippen molar-refractivity contribution in [2.45, 2.75) is 51.9 Å². The Morgan fingerprint density at radius 2 is 2.00 bits per heavy atom. The summed E-state index contributed by atoms with van der Waals surface area (Å²) in [6.07, 6.45) is 9.92. The number of carbonyl (C=O) groups excluding carboxylic acids is 1. The van der Waals surface area contributed by atoms with Crippen LogP contribution in [-0.4, -0.2) is 6.29 Å². The fourth-order valence-corrected chi connectivity index (χ4v) is 1.96. The van der Waals surface area contributed by atoms with E-state index in [1.54, 1.807) is 0 Å². The van der Waals surface area contributed by atoms with Gasteiger partial charge in [-0.3, -0.25) is 0 Å². The molecule has 1 aliphatic carbocycles. The summed E-state index contributed by atoms with van der Waals surface area (Å²) in [5, 5.41) is 0. The van der Waals surface area contributed by atoms with E-state index in [1.165, 1.54) is 32.1 Å². The molecule has 0 aromatic rings. The normalized spacial score (nSPS) is 27.1. The van der Waals surface area contributed by atoms with E-state index in [9.17, 15) is 4.79 Å². The quantitative estimate of drug-likeness (QED) is 0.421. The van der Waals surface area contributed by atoms with Gasteiger partial charge in [-0.2, -0.15) is 0 Å². The molecule has 1 rings (SSSR count). The smallest absolute Gasteiger partial charge is 0.120 e. The lowest BCUT2D eigenvalue weighted by molar-refractivity contribution is -0.108. The predicted molar refractivity (Wildman–Crippen MR) is 51.0 cm³/mol. The lowest BCUT2D eigenvalue weighted by atomic mass is 10.1. The van der Waals surface area contributed by atoms with Crippen molar-refractivity contribution in [3.63, 3.8) is 0 Å². The molecule has 0 aromatic heterocycles. The van der Waals surface area contributed by atoms with Crippen LogP contribution in [0.1, 0.15) is 51.9 Å². The predicted octanol–water partition coefficient (Wildman–Crippen LogP) is 3.18. The number of aldehydes is 1. The molecule has 1 saturated carbocycles. The van der Waals surface area contributed by atoms with Crippen LogP contribution in [-0.2, 0) is 4.79 Å². The van der Waals surface area contributed by atoms with Gasteiger partial charge in [-0.15, -0.1) is 0 Å². The van der Waals surface area contributed by atoms with Crippen molar-refractivity contribution in [1.29, 1.82) is 0 Å². The molecule has 0 spiro atoms. The molecule has 1 fully saturated rings. The van der Waals surface area contributed by atoms with Crippen molar-refractivity contribution in [2.75, 3.05) is 0 Å². The van der Waals surface area contributed by atoms with Gasteiger partial charge in [0, 0.05) is 6.42 Å². The van der Waals surface area contributed by atoms with Crippen LogP contribution >= 0.6 is 0 Å². The van der Waals surface area contributed by atoms with Gasteiger partial charge in [0.25, 0.3) is 0 Å². The largest absolute Gasteiger partial charge is 0.303 e. The van der Waals surface area contributed by atoms with E-state index in [1.807, 2.05) is 0 Å². The van der Waals surface area contributed by atoms with Crippen molar-refractivity contribution in [2.24, 2.45) is 11.8 Å². The van der Waals surface area contributed by atoms with Gasteiger partial charge in [-0.25, -0.2) is 0 Å². The second-order valence-corrected chi connectivity index (χ2v) is 4.00. The van der Waals surface area contributed by atoms with E-state index < -0.39 is 0 Å². The van der Waals surface area contributed by atoms with Crippen LogP contribution in [0.3, 0.4) is 0 Å². The maximum atomic E-state index is 10.1. The molecule has 0 aromatic carbocycles. The molecular formula is C11H20O. The molecule has 70 valence electrons. The zero-order valence-electron chi connectivity index (χ0n) is 8.09. The second-order valence-electron chi connectivity index (χ2n) is 4.00. The lowest BCUT2D eigenvalue weighted by Crippen LogP contribution is -1.85. The number of hydrogen-bond acceptors (Lipinski definition) is 1. The zero-order valence-corrected chi connectivity index (χ0v) is 8.09. The third-order valence-corrected chi connectivity index (χ3v) is 2.90. The van der Waals surface area contributed by atoms with Crippen LogP contribution < -0.4 is 0 Å². The van der Waals surface area contributed by atoms with Gasteiger partial charge in [-0.1, -0.05) is 32.6 Å². The summed E-state index contributed by atoms with van der Waals surface area (Å²) >= 11 is 0. The van der Waals surface area contributed by atoms with E-state index >= 15 is 0 Å². The molecule has 0 saturated heterocycles. The van der Waals surface area contributed by atoms with Crippen molar-refractivity contribution >= 4 is 6.29 Å². The number of hydrogen-bond donors (Lipinski definition) is 0. The summed E-state index contributed by atoms with van der Waals surface area (Å²) in [6, 6.07) is 0. The molecular weight excluding hydrogens is 148 g/mol. The highest BCUT2D eigenvalue weighted by molar-refractivity contribution is 5.49. The summed E-state index contributed by atoms with van der Waals surface area (Å²) in [6.45, 7) is 2.25. The van der Waals surface area contributed by atoms with Gasteiger partial charge in [0.15, 0.2) is 0 Å². The Morgan fingerprint density at radius 3 is 2.67 bits per heavy atom. The van der Waals surface area contributed by atoms with Crippen molar-refractivity contribution in [3.05, 3.63) is 0 Å². The van der Waals surface area contributed by atoms with E-state index in [-0.39, 0.29) is 0 Å². The molecule has 12 heavy (non-hydrogen) atoms. The van der Waals surface area contributed by atoms with Crippen molar-refractivity contribution in [1.82, 2.24) is 0 Å². The van der Waals surface area contributed by atoms with Gasteiger partial charge in [-0.05, 0) is 24.7 Å². The minimum atomic E-state index is 0.787. The van der Waals surface area contributed by atoms with E-state index in [0.29, 0.717) is 0 Å². The lowest BCUT2D eigenvalue weighted by Gasteiger charge is -1.97. The first-order chi connectivity index (χ1) is 5.88. The van der Waals surface area contributed by atoms with Gasteiger partial charge in [0.1, 0.15) is 6.29 Å². The van der Waals surface area contributed by atoms with E-state index in [2.05, 4.69) is 6.92 Å². The Morgan fingerprint density at radius 1 is 1.25 bits per heavy atom. The van der Waals surface area contributed by atoms with E-state index in [0.717, 1.165) is 31.0 Å². The van der Waals surface area contributed by atoms with Gasteiger partial charge in [0.05, 0.1) is 0 Å². The van der Waals surface area contributed by atoms with Gasteiger partial charge >= 0.3 is 0 Å². The highest BCUT2D eigenvalue weighted by Crippen LogP contribution is 2.45.